The Morgan fingerprint density at radius 3 is 2.82 bits per heavy atom. The van der Waals surface area contributed by atoms with Crippen LogP contribution >= 0.6 is 15.9 Å². The summed E-state index contributed by atoms with van der Waals surface area (Å²) in [5.41, 5.74) is 0.717. The molecule has 1 N–H and O–H groups in total. The van der Waals surface area contributed by atoms with E-state index in [9.17, 15) is 13.6 Å². The number of carbonyl (C=O) groups is 1. The monoisotopic (exact) mass is 452 g/mol. The van der Waals surface area contributed by atoms with Gasteiger partial charge in [-0.25, -0.2) is 18.8 Å². The van der Waals surface area contributed by atoms with Crippen molar-refractivity contribution >= 4 is 33.9 Å². The van der Waals surface area contributed by atoms with Gasteiger partial charge >= 0.3 is 0 Å². The third kappa shape index (κ3) is 5.03. The van der Waals surface area contributed by atoms with Gasteiger partial charge in [0.25, 0.3) is 5.91 Å². The SMILES string of the molecule is C=C(CCCOC1=NCNC(Br)=C1)C(=O)N1N=CCC1c1cc(F)cc(F)c1. The normalized spacial score (nSPS) is 18.4. The van der Waals surface area contributed by atoms with E-state index >= 15 is 0 Å². The Labute approximate surface area is 169 Å². The minimum atomic E-state index is -0.688. The van der Waals surface area contributed by atoms with Crippen LogP contribution in [-0.2, 0) is 9.53 Å². The summed E-state index contributed by atoms with van der Waals surface area (Å²) in [5, 5.41) is 8.27. The molecular formula is C19H19BrF2N4O2. The van der Waals surface area contributed by atoms with E-state index < -0.39 is 17.7 Å². The quantitative estimate of drug-likeness (QED) is 0.405. The molecule has 0 saturated heterocycles. The number of benzene rings is 1. The van der Waals surface area contributed by atoms with Gasteiger partial charge in [-0.05, 0) is 46.5 Å². The number of nitrogens with zero attached hydrogens (tertiary/aromatic N) is 3. The van der Waals surface area contributed by atoms with E-state index in [1.54, 1.807) is 12.3 Å². The number of rotatable bonds is 6. The average molecular weight is 453 g/mol. The molecule has 0 spiro atoms. The highest BCUT2D eigenvalue weighted by atomic mass is 79.9. The fraction of sp³-hybridized carbons (Fsp3) is 0.316. The highest BCUT2D eigenvalue weighted by Crippen LogP contribution is 2.30. The maximum Gasteiger partial charge on any atom is 0.269 e. The number of aliphatic imine (C=N–C) groups is 1. The Morgan fingerprint density at radius 1 is 1.36 bits per heavy atom. The Kier molecular flexibility index (Phi) is 6.56. The molecular weight excluding hydrogens is 434 g/mol. The lowest BCUT2D eigenvalue weighted by Crippen LogP contribution is -2.28. The fourth-order valence-corrected chi connectivity index (χ4v) is 3.19. The highest BCUT2D eigenvalue weighted by molar-refractivity contribution is 9.11. The van der Waals surface area contributed by atoms with Crippen molar-refractivity contribution in [1.82, 2.24) is 10.3 Å². The average Bonchev–Trinajstić information content (AvgIpc) is 3.13. The van der Waals surface area contributed by atoms with Gasteiger partial charge < -0.3 is 10.1 Å². The molecule has 6 nitrogen and oxygen atoms in total. The summed E-state index contributed by atoms with van der Waals surface area (Å²) in [7, 11) is 0. The van der Waals surface area contributed by atoms with Crippen molar-refractivity contribution in [1.29, 1.82) is 0 Å². The maximum atomic E-state index is 13.5. The van der Waals surface area contributed by atoms with Gasteiger partial charge in [-0.2, -0.15) is 5.10 Å². The van der Waals surface area contributed by atoms with E-state index in [-0.39, 0.29) is 5.91 Å². The first-order valence-electron chi connectivity index (χ1n) is 8.72. The zero-order valence-corrected chi connectivity index (χ0v) is 16.6. The fourth-order valence-electron chi connectivity index (χ4n) is 2.87. The standard InChI is InChI=1S/C19H19BrF2N4O2/c1-12(3-2-6-28-18-10-17(20)23-11-24-18)19(27)26-16(4-5-25-26)13-7-14(21)9-15(22)8-13/h5,7-10,16,23H,1-4,6,11H2. The van der Waals surface area contributed by atoms with Crippen LogP contribution in [0.15, 0.2) is 51.1 Å². The topological polar surface area (TPSA) is 66.3 Å². The van der Waals surface area contributed by atoms with Crippen LogP contribution in [0.1, 0.15) is 30.9 Å². The summed E-state index contributed by atoms with van der Waals surface area (Å²) >= 11 is 3.32. The van der Waals surface area contributed by atoms with Crippen molar-refractivity contribution in [2.75, 3.05) is 13.3 Å². The Balaban J connectivity index is 1.53. The largest absolute Gasteiger partial charge is 0.478 e. The molecule has 0 aliphatic carbocycles. The molecule has 2 heterocycles. The lowest BCUT2D eigenvalue weighted by Gasteiger charge is -2.23. The number of hydrogen-bond acceptors (Lipinski definition) is 5. The van der Waals surface area contributed by atoms with Gasteiger partial charge in [0.05, 0.1) is 17.3 Å². The minimum absolute atomic E-state index is 0.355. The third-order valence-corrected chi connectivity index (χ3v) is 4.73. The van der Waals surface area contributed by atoms with Crippen molar-refractivity contribution in [3.8, 4) is 0 Å². The van der Waals surface area contributed by atoms with Crippen LogP contribution in [0.2, 0.25) is 0 Å². The van der Waals surface area contributed by atoms with Crippen LogP contribution in [0.4, 0.5) is 8.78 Å². The summed E-state index contributed by atoms with van der Waals surface area (Å²) in [6.07, 6.45) is 4.65. The van der Waals surface area contributed by atoms with Gasteiger partial charge in [-0.3, -0.25) is 4.79 Å². The van der Waals surface area contributed by atoms with Gasteiger partial charge in [-0.15, -0.1) is 0 Å². The first-order chi connectivity index (χ1) is 13.4. The van der Waals surface area contributed by atoms with E-state index in [0.717, 1.165) is 10.7 Å². The summed E-state index contributed by atoms with van der Waals surface area (Å²) in [5.74, 6) is -1.23. The molecule has 9 heteroatoms. The van der Waals surface area contributed by atoms with Gasteiger partial charge in [-0.1, -0.05) is 6.58 Å². The molecule has 1 amide bonds. The number of hydrogen-bond donors (Lipinski definition) is 1. The number of carbonyl (C=O) groups excluding carboxylic acids is 1. The molecule has 0 radical (unpaired) electrons. The van der Waals surface area contributed by atoms with Crippen LogP contribution in [0.25, 0.3) is 0 Å². The van der Waals surface area contributed by atoms with Crippen LogP contribution in [0.5, 0.6) is 0 Å². The van der Waals surface area contributed by atoms with Crippen LogP contribution in [0.3, 0.4) is 0 Å². The molecule has 0 bridgehead atoms. The summed E-state index contributed by atoms with van der Waals surface area (Å²) < 4.78 is 33.4. The maximum absolute atomic E-state index is 13.5. The van der Waals surface area contributed by atoms with E-state index in [1.807, 2.05) is 0 Å². The predicted octanol–water partition coefficient (Wildman–Crippen LogP) is 3.77. The third-order valence-electron chi connectivity index (χ3n) is 4.22. The second-order valence-corrected chi connectivity index (χ2v) is 7.14. The smallest absolute Gasteiger partial charge is 0.269 e. The molecule has 1 aromatic carbocycles. The zero-order valence-electron chi connectivity index (χ0n) is 15.0. The van der Waals surface area contributed by atoms with Crippen LogP contribution in [0, 0.1) is 11.6 Å². The van der Waals surface area contributed by atoms with Crippen LogP contribution < -0.4 is 5.32 Å². The van der Waals surface area contributed by atoms with Crippen molar-refractivity contribution in [3.63, 3.8) is 0 Å². The van der Waals surface area contributed by atoms with Gasteiger partial charge in [0.2, 0.25) is 5.90 Å². The highest BCUT2D eigenvalue weighted by Gasteiger charge is 2.30. The number of hydrazone groups is 1. The molecule has 0 saturated carbocycles. The van der Waals surface area contributed by atoms with Crippen molar-refractivity contribution in [3.05, 3.63) is 58.2 Å². The Hall–Kier alpha value is -2.55. The van der Waals surface area contributed by atoms with E-state index in [1.165, 1.54) is 17.1 Å². The first kappa shape index (κ1) is 20.2. The Bertz CT molecular complexity index is 849. The molecule has 1 aromatic rings. The molecule has 2 aliphatic heterocycles. The zero-order chi connectivity index (χ0) is 20.1. The number of halogens is 3. The lowest BCUT2D eigenvalue weighted by molar-refractivity contribution is -0.129. The van der Waals surface area contributed by atoms with E-state index in [2.05, 4.69) is 37.9 Å². The molecule has 1 atom stereocenters. The second-order valence-electron chi connectivity index (χ2n) is 6.28. The summed E-state index contributed by atoms with van der Waals surface area (Å²) in [4.78, 5) is 16.8. The van der Waals surface area contributed by atoms with Gasteiger partial charge in [0, 0.05) is 30.4 Å². The van der Waals surface area contributed by atoms with Gasteiger partial charge in [0.15, 0.2) is 0 Å². The van der Waals surface area contributed by atoms with E-state index in [0.29, 0.717) is 49.6 Å². The lowest BCUT2D eigenvalue weighted by atomic mass is 10.0. The molecule has 28 heavy (non-hydrogen) atoms. The molecule has 2 aliphatic rings. The Morgan fingerprint density at radius 2 is 2.11 bits per heavy atom. The molecule has 148 valence electrons. The van der Waals surface area contributed by atoms with Crippen LogP contribution in [-0.4, -0.2) is 36.3 Å². The molecule has 1 unspecified atom stereocenters. The number of nitrogens with one attached hydrogen (secondary N) is 1. The first-order valence-corrected chi connectivity index (χ1v) is 9.51. The molecule has 0 aromatic heterocycles. The van der Waals surface area contributed by atoms with Gasteiger partial charge in [0.1, 0.15) is 18.3 Å². The van der Waals surface area contributed by atoms with E-state index in [4.69, 9.17) is 4.74 Å². The molecule has 3 rings (SSSR count). The minimum Gasteiger partial charge on any atom is -0.478 e. The summed E-state index contributed by atoms with van der Waals surface area (Å²) in [6.45, 7) is 4.65. The predicted molar refractivity (Wildman–Crippen MR) is 106 cm³/mol. The second kappa shape index (κ2) is 9.09. The number of ether oxygens (including phenoxy) is 1. The van der Waals surface area contributed by atoms with Crippen molar-refractivity contribution < 1.29 is 18.3 Å². The van der Waals surface area contributed by atoms with Crippen molar-refractivity contribution in [2.24, 2.45) is 10.1 Å². The summed E-state index contributed by atoms with van der Waals surface area (Å²) in [6, 6.07) is 2.68. The van der Waals surface area contributed by atoms with Crippen molar-refractivity contribution in [2.45, 2.75) is 25.3 Å². The molecule has 0 fully saturated rings. The number of amides is 1.